The number of rotatable bonds is 39. The van der Waals surface area contributed by atoms with Crippen molar-refractivity contribution in [2.45, 2.75) is 179 Å². The number of hydrogen-bond acceptors (Lipinski definition) is 10. The molecule has 0 aromatic rings. The van der Waals surface area contributed by atoms with Crippen LogP contribution in [0.15, 0.2) is 72.9 Å². The number of phosphoric ester groups is 1. The zero-order valence-electron chi connectivity index (χ0n) is 36.0. The van der Waals surface area contributed by atoms with Gasteiger partial charge in [-0.3, -0.25) is 23.4 Å². The summed E-state index contributed by atoms with van der Waals surface area (Å²) in [6, 6.07) is -1.54. The van der Waals surface area contributed by atoms with Crippen molar-refractivity contribution < 1.29 is 52.2 Å². The largest absolute Gasteiger partial charge is 0.480 e. The van der Waals surface area contributed by atoms with Crippen molar-refractivity contribution in [3.8, 4) is 0 Å². The third kappa shape index (κ3) is 34.3. The molecule has 5 atom stereocenters. The highest BCUT2D eigenvalue weighted by atomic mass is 31.2. The molecule has 0 saturated carbocycles. The van der Waals surface area contributed by atoms with Gasteiger partial charge in [-0.25, -0.2) is 4.57 Å². The van der Waals surface area contributed by atoms with Crippen molar-refractivity contribution in [3.63, 3.8) is 0 Å². The van der Waals surface area contributed by atoms with E-state index in [1.807, 2.05) is 12.2 Å². The van der Waals surface area contributed by atoms with E-state index in [-0.39, 0.29) is 19.4 Å². The normalized spacial score (nSPS) is 17.8. The molecule has 1 aliphatic heterocycles. The van der Waals surface area contributed by atoms with Crippen LogP contribution < -0.4 is 5.73 Å². The van der Waals surface area contributed by atoms with E-state index in [4.69, 9.17) is 29.6 Å². The zero-order chi connectivity index (χ0) is 43.2. The Bertz CT molecular complexity index is 1340. The number of esters is 2. The third-order valence-corrected chi connectivity index (χ3v) is 10.3. The third-order valence-electron chi connectivity index (χ3n) is 9.35. The van der Waals surface area contributed by atoms with Gasteiger partial charge in [0, 0.05) is 12.8 Å². The molecule has 0 bridgehead atoms. The van der Waals surface area contributed by atoms with Crippen LogP contribution in [-0.2, 0) is 42.2 Å². The van der Waals surface area contributed by atoms with Gasteiger partial charge in [0.05, 0.1) is 25.4 Å². The molecule has 59 heavy (non-hydrogen) atoms. The lowest BCUT2D eigenvalue weighted by Gasteiger charge is -2.20. The standard InChI is InChI=1S/C46H76NO11P/c1-3-5-7-8-9-10-11-12-13-14-15-16-17-21-24-27-31-35-44(48)54-37-40(38-55-59(52,53)56-39-41(47)46(50)51)57-45(49)36-32-28-25-22-19-18-20-23-26-30-34-43-42(58-43)33-29-6-4-2/h9-10,12-13,15-16,18,20,22,25-26,30,40-43H,3-8,11,14,17,19,21,23-24,27-29,31-39,47H2,1-2H3,(H,50,51)(H,52,53)/b10-9-,13-12-,16-15-,20-18-,25-22-,30-26-/t40-,41+,42?,43?/m1/s1. The van der Waals surface area contributed by atoms with Crippen molar-refractivity contribution in [1.82, 2.24) is 0 Å². The van der Waals surface area contributed by atoms with Crippen molar-refractivity contribution >= 4 is 25.7 Å². The second-order valence-corrected chi connectivity index (χ2v) is 16.3. The number of phosphoric acid groups is 1. The van der Waals surface area contributed by atoms with Gasteiger partial charge >= 0.3 is 25.7 Å². The van der Waals surface area contributed by atoms with Crippen LogP contribution in [0.4, 0.5) is 0 Å². The summed E-state index contributed by atoms with van der Waals surface area (Å²) in [6.45, 7) is 2.64. The lowest BCUT2D eigenvalue weighted by molar-refractivity contribution is -0.161. The van der Waals surface area contributed by atoms with Gasteiger partial charge in [0.25, 0.3) is 0 Å². The molecule has 336 valence electrons. The van der Waals surface area contributed by atoms with Crippen LogP contribution in [0.3, 0.4) is 0 Å². The van der Waals surface area contributed by atoms with Gasteiger partial charge in [-0.2, -0.15) is 0 Å². The fourth-order valence-electron chi connectivity index (χ4n) is 5.74. The highest BCUT2D eigenvalue weighted by Crippen LogP contribution is 2.43. The summed E-state index contributed by atoms with van der Waals surface area (Å²) in [6.07, 6.45) is 45.7. The first kappa shape index (κ1) is 53.9. The fraction of sp³-hybridized carbons (Fsp3) is 0.674. The highest BCUT2D eigenvalue weighted by Gasteiger charge is 2.36. The van der Waals surface area contributed by atoms with Crippen LogP contribution in [0.1, 0.15) is 155 Å². The summed E-state index contributed by atoms with van der Waals surface area (Å²) in [7, 11) is -4.74. The molecule has 0 aliphatic carbocycles. The monoisotopic (exact) mass is 850 g/mol. The van der Waals surface area contributed by atoms with Gasteiger partial charge in [-0.05, 0) is 83.5 Å². The number of aliphatic carboxylic acids is 1. The molecule has 13 heteroatoms. The smallest absolute Gasteiger partial charge is 0.472 e. The predicted octanol–water partition coefficient (Wildman–Crippen LogP) is 10.7. The van der Waals surface area contributed by atoms with Gasteiger partial charge in [0.15, 0.2) is 6.10 Å². The van der Waals surface area contributed by atoms with Crippen molar-refractivity contribution in [1.29, 1.82) is 0 Å². The second kappa shape index (κ2) is 36.7. The molecule has 4 N–H and O–H groups in total. The number of carbonyl (C=O) groups is 3. The van der Waals surface area contributed by atoms with Crippen LogP contribution >= 0.6 is 7.82 Å². The zero-order valence-corrected chi connectivity index (χ0v) is 36.9. The van der Waals surface area contributed by atoms with E-state index < -0.39 is 51.1 Å². The number of carbonyl (C=O) groups excluding carboxylic acids is 2. The molecule has 0 aromatic heterocycles. The quantitative estimate of drug-likeness (QED) is 0.0175. The summed E-state index contributed by atoms with van der Waals surface area (Å²) in [5, 5.41) is 8.89. The summed E-state index contributed by atoms with van der Waals surface area (Å²) in [5.41, 5.74) is 5.33. The molecular weight excluding hydrogens is 773 g/mol. The van der Waals surface area contributed by atoms with Crippen molar-refractivity contribution in [2.24, 2.45) is 5.73 Å². The Morgan fingerprint density at radius 2 is 1.14 bits per heavy atom. The number of epoxide rings is 1. The van der Waals surface area contributed by atoms with Gasteiger partial charge in [-0.15, -0.1) is 0 Å². The van der Waals surface area contributed by atoms with Gasteiger partial charge in [-0.1, -0.05) is 132 Å². The number of carboxylic acid groups (broad SMARTS) is 1. The lowest BCUT2D eigenvalue weighted by Crippen LogP contribution is -2.34. The fourth-order valence-corrected chi connectivity index (χ4v) is 6.52. The SMILES string of the molecule is CCCCC/C=C\C/C=C\C/C=C\CCCCCCC(=O)OC[C@H](COP(=O)(O)OC[C@H](N)C(=O)O)OC(=O)CCC/C=C\C/C=C\C/C=C\CC1OC1CCCCC. The first-order valence-electron chi connectivity index (χ1n) is 22.1. The molecule has 0 aromatic carbocycles. The molecule has 1 rings (SSSR count). The van der Waals surface area contributed by atoms with E-state index in [0.29, 0.717) is 31.5 Å². The minimum atomic E-state index is -4.74. The van der Waals surface area contributed by atoms with E-state index >= 15 is 0 Å². The van der Waals surface area contributed by atoms with Crippen LogP contribution in [0.5, 0.6) is 0 Å². The van der Waals surface area contributed by atoms with E-state index in [2.05, 4.69) is 79.1 Å². The number of ether oxygens (including phenoxy) is 3. The maximum atomic E-state index is 12.6. The number of nitrogens with two attached hydrogens (primary N) is 1. The van der Waals surface area contributed by atoms with Gasteiger partial charge < -0.3 is 29.9 Å². The van der Waals surface area contributed by atoms with Crippen molar-refractivity contribution in [2.75, 3.05) is 19.8 Å². The molecule has 0 spiro atoms. The number of unbranched alkanes of at least 4 members (excludes halogenated alkanes) is 10. The topological polar surface area (TPSA) is 184 Å². The first-order valence-corrected chi connectivity index (χ1v) is 23.6. The van der Waals surface area contributed by atoms with Gasteiger partial charge in [0.2, 0.25) is 0 Å². The van der Waals surface area contributed by atoms with E-state index in [9.17, 15) is 23.8 Å². The van der Waals surface area contributed by atoms with Crippen LogP contribution in [-0.4, -0.2) is 72.1 Å². The second-order valence-electron chi connectivity index (χ2n) is 14.9. The summed E-state index contributed by atoms with van der Waals surface area (Å²) in [4.78, 5) is 46.0. The Kier molecular flexibility index (Phi) is 33.5. The van der Waals surface area contributed by atoms with Crippen LogP contribution in [0.2, 0.25) is 0 Å². The molecule has 12 nitrogen and oxygen atoms in total. The molecule has 1 aliphatic rings. The number of allylic oxidation sites excluding steroid dienone is 11. The minimum absolute atomic E-state index is 0.0725. The Morgan fingerprint density at radius 3 is 1.75 bits per heavy atom. The number of carboxylic acids is 1. The van der Waals surface area contributed by atoms with Gasteiger partial charge in [0.1, 0.15) is 12.6 Å². The van der Waals surface area contributed by atoms with E-state index in [1.165, 1.54) is 44.9 Å². The maximum absolute atomic E-state index is 12.6. The minimum Gasteiger partial charge on any atom is -0.480 e. The summed E-state index contributed by atoms with van der Waals surface area (Å²) in [5.74, 6) is -2.49. The average Bonchev–Trinajstić information content (AvgIpc) is 3.97. The van der Waals surface area contributed by atoms with Crippen LogP contribution in [0.25, 0.3) is 0 Å². The van der Waals surface area contributed by atoms with Crippen LogP contribution in [0, 0.1) is 0 Å². The Balaban J connectivity index is 2.34. The molecule has 1 saturated heterocycles. The van der Waals surface area contributed by atoms with E-state index in [1.54, 1.807) is 0 Å². The molecule has 3 unspecified atom stereocenters. The average molecular weight is 850 g/mol. The summed E-state index contributed by atoms with van der Waals surface area (Å²) < 4.78 is 38.3. The van der Waals surface area contributed by atoms with Crippen molar-refractivity contribution in [3.05, 3.63) is 72.9 Å². The van der Waals surface area contributed by atoms with E-state index in [0.717, 1.165) is 64.2 Å². The number of hydrogen-bond donors (Lipinski definition) is 3. The predicted molar refractivity (Wildman–Crippen MR) is 235 cm³/mol. The molecule has 1 heterocycles. The Hall–Kier alpha value is -3.12. The maximum Gasteiger partial charge on any atom is 0.472 e. The first-order chi connectivity index (χ1) is 28.6. The molecule has 0 radical (unpaired) electrons. The molecule has 0 amide bonds. The summed E-state index contributed by atoms with van der Waals surface area (Å²) >= 11 is 0. The highest BCUT2D eigenvalue weighted by molar-refractivity contribution is 7.47. The lowest BCUT2D eigenvalue weighted by atomic mass is 10.1. The Morgan fingerprint density at radius 1 is 0.627 bits per heavy atom. The Labute approximate surface area is 355 Å². The molecule has 1 fully saturated rings. The molecular formula is C46H76NO11P.